The highest BCUT2D eigenvalue weighted by Gasteiger charge is 2.23. The Hall–Kier alpha value is -1.45. The molecule has 0 saturated carbocycles. The molecule has 164 valence electrons. The van der Waals surface area contributed by atoms with Gasteiger partial charge in [0.25, 0.3) is 0 Å². The molecule has 0 aliphatic carbocycles. The van der Waals surface area contributed by atoms with Crippen LogP contribution in [0.25, 0.3) is 11.1 Å². The Labute approximate surface area is 191 Å². The third-order valence-electron chi connectivity index (χ3n) is 5.40. The highest BCUT2D eigenvalue weighted by Crippen LogP contribution is 2.27. The Kier molecular flexibility index (Phi) is 11.4. The minimum absolute atomic E-state index is 0.0934. The molecule has 0 aromatic heterocycles. The van der Waals surface area contributed by atoms with Crippen LogP contribution in [-0.2, 0) is 4.79 Å². The lowest BCUT2D eigenvalue weighted by Gasteiger charge is -2.15. The van der Waals surface area contributed by atoms with Gasteiger partial charge in [0.2, 0.25) is 0 Å². The summed E-state index contributed by atoms with van der Waals surface area (Å²) >= 11 is 8.11. The van der Waals surface area contributed by atoms with E-state index in [2.05, 4.69) is 31.2 Å². The highest BCUT2D eigenvalue weighted by atomic mass is 35.5. The first-order chi connectivity index (χ1) is 14.5. The van der Waals surface area contributed by atoms with Gasteiger partial charge in [-0.25, -0.2) is 0 Å². The van der Waals surface area contributed by atoms with Gasteiger partial charge < -0.3 is 4.74 Å². The van der Waals surface area contributed by atoms with Crippen molar-refractivity contribution in [2.45, 2.75) is 76.0 Å². The maximum Gasteiger partial charge on any atom is 0.329 e. The Morgan fingerprint density at radius 1 is 0.900 bits per heavy atom. The first-order valence-electron chi connectivity index (χ1n) is 11.2. The molecule has 0 N–H and O–H groups in total. The zero-order valence-corrected chi connectivity index (χ0v) is 20.1. The molecule has 30 heavy (non-hydrogen) atoms. The van der Waals surface area contributed by atoms with Crippen LogP contribution < -0.4 is 4.74 Å². The smallest absolute Gasteiger partial charge is 0.329 e. The summed E-state index contributed by atoms with van der Waals surface area (Å²) in [7, 11) is 0. The van der Waals surface area contributed by atoms with Crippen molar-refractivity contribution in [2.75, 3.05) is 5.75 Å². The quantitative estimate of drug-likeness (QED) is 0.102. The molecule has 0 aliphatic rings. The second-order valence-corrected chi connectivity index (χ2v) is 9.51. The molecule has 0 aliphatic heterocycles. The molecule has 0 bridgehead atoms. The van der Waals surface area contributed by atoms with E-state index in [0.29, 0.717) is 5.75 Å². The van der Waals surface area contributed by atoms with Crippen LogP contribution in [0.15, 0.2) is 53.4 Å². The predicted molar refractivity (Wildman–Crippen MR) is 131 cm³/mol. The van der Waals surface area contributed by atoms with Crippen LogP contribution in [0.3, 0.4) is 0 Å². The van der Waals surface area contributed by atoms with E-state index in [1.165, 1.54) is 49.2 Å². The van der Waals surface area contributed by atoms with Gasteiger partial charge in [-0.05, 0) is 53.5 Å². The fraction of sp³-hybridized carbons (Fsp3) is 0.500. The number of unbranched alkanes of at least 4 members (excludes halogenated alkanes) is 5. The van der Waals surface area contributed by atoms with Crippen molar-refractivity contribution in [3.8, 4) is 16.9 Å². The standard InChI is InChI=1S/C26H35ClO2S/c1-4-6-7-8-9-10-19-30-24-17-13-22(14-18-24)21-11-15-23(16-12-21)29-26(28)25(27)20(3)5-2/h11-18,20,25H,4-10,19H2,1-3H3. The number of rotatable bonds is 13. The number of alkyl halides is 1. The molecule has 0 saturated heterocycles. The Bertz CT molecular complexity index is 743. The van der Waals surface area contributed by atoms with E-state index in [4.69, 9.17) is 16.3 Å². The maximum absolute atomic E-state index is 12.1. The van der Waals surface area contributed by atoms with Gasteiger partial charge >= 0.3 is 5.97 Å². The zero-order chi connectivity index (χ0) is 21.8. The van der Waals surface area contributed by atoms with E-state index in [1.807, 2.05) is 49.9 Å². The first kappa shape index (κ1) is 24.8. The zero-order valence-electron chi connectivity index (χ0n) is 18.5. The average molecular weight is 447 g/mol. The first-order valence-corrected chi connectivity index (χ1v) is 12.7. The van der Waals surface area contributed by atoms with Gasteiger partial charge in [0.15, 0.2) is 0 Å². The minimum Gasteiger partial charge on any atom is -0.425 e. The van der Waals surface area contributed by atoms with Gasteiger partial charge in [0.1, 0.15) is 11.1 Å². The lowest BCUT2D eigenvalue weighted by atomic mass is 10.0. The maximum atomic E-state index is 12.1. The SMILES string of the molecule is CCCCCCCCSc1ccc(-c2ccc(OC(=O)C(Cl)C(C)CC)cc2)cc1. The van der Waals surface area contributed by atoms with Crippen LogP contribution in [0.5, 0.6) is 5.75 Å². The van der Waals surface area contributed by atoms with Gasteiger partial charge in [-0.15, -0.1) is 23.4 Å². The van der Waals surface area contributed by atoms with E-state index in [1.54, 1.807) is 0 Å². The Morgan fingerprint density at radius 2 is 1.47 bits per heavy atom. The van der Waals surface area contributed by atoms with Crippen LogP contribution in [0.2, 0.25) is 0 Å². The number of carbonyl (C=O) groups is 1. The monoisotopic (exact) mass is 446 g/mol. The number of ether oxygens (including phenoxy) is 1. The highest BCUT2D eigenvalue weighted by molar-refractivity contribution is 7.99. The van der Waals surface area contributed by atoms with Gasteiger partial charge in [-0.1, -0.05) is 83.6 Å². The Balaban J connectivity index is 1.81. The summed E-state index contributed by atoms with van der Waals surface area (Å²) in [5, 5.41) is -0.615. The topological polar surface area (TPSA) is 26.3 Å². The van der Waals surface area contributed by atoms with E-state index >= 15 is 0 Å². The number of halogens is 1. The van der Waals surface area contributed by atoms with E-state index < -0.39 is 5.38 Å². The third kappa shape index (κ3) is 8.35. The lowest BCUT2D eigenvalue weighted by molar-refractivity contribution is -0.134. The van der Waals surface area contributed by atoms with Crippen molar-refractivity contribution >= 4 is 29.3 Å². The molecule has 2 aromatic carbocycles. The van der Waals surface area contributed by atoms with E-state index in [-0.39, 0.29) is 11.9 Å². The molecule has 2 atom stereocenters. The minimum atomic E-state index is -0.615. The molecule has 0 fully saturated rings. The normalized spacial score (nSPS) is 13.1. The summed E-state index contributed by atoms with van der Waals surface area (Å²) in [5.41, 5.74) is 2.26. The fourth-order valence-electron chi connectivity index (χ4n) is 3.14. The summed E-state index contributed by atoms with van der Waals surface area (Å²) in [5.74, 6) is 1.43. The molecular formula is C26H35ClO2S. The van der Waals surface area contributed by atoms with Crippen molar-refractivity contribution in [1.29, 1.82) is 0 Å². The number of esters is 1. The molecule has 2 nitrogen and oxygen atoms in total. The van der Waals surface area contributed by atoms with Gasteiger partial charge in [-0.2, -0.15) is 0 Å². The molecule has 0 spiro atoms. The number of hydrogen-bond acceptors (Lipinski definition) is 3. The average Bonchev–Trinajstić information content (AvgIpc) is 2.78. The summed E-state index contributed by atoms with van der Waals surface area (Å²) in [6.45, 7) is 6.23. The summed E-state index contributed by atoms with van der Waals surface area (Å²) < 4.78 is 5.42. The largest absolute Gasteiger partial charge is 0.425 e. The molecule has 0 radical (unpaired) electrons. The second kappa shape index (κ2) is 13.8. The molecule has 0 amide bonds. The molecule has 2 aromatic rings. The molecule has 2 rings (SSSR count). The summed E-state index contributed by atoms with van der Waals surface area (Å²) in [6.07, 6.45) is 8.88. The van der Waals surface area contributed by atoms with Crippen molar-refractivity contribution in [1.82, 2.24) is 0 Å². The second-order valence-electron chi connectivity index (χ2n) is 7.87. The van der Waals surface area contributed by atoms with E-state index in [9.17, 15) is 4.79 Å². The summed E-state index contributed by atoms with van der Waals surface area (Å²) in [4.78, 5) is 13.4. The van der Waals surface area contributed by atoms with Crippen molar-refractivity contribution < 1.29 is 9.53 Å². The summed E-state index contributed by atoms with van der Waals surface area (Å²) in [6, 6.07) is 16.3. The number of hydrogen-bond donors (Lipinski definition) is 0. The van der Waals surface area contributed by atoms with Gasteiger partial charge in [0, 0.05) is 4.90 Å². The molecule has 2 unspecified atom stereocenters. The van der Waals surface area contributed by atoms with Crippen LogP contribution in [0.4, 0.5) is 0 Å². The van der Waals surface area contributed by atoms with Crippen LogP contribution in [-0.4, -0.2) is 17.1 Å². The van der Waals surface area contributed by atoms with Crippen LogP contribution >= 0.6 is 23.4 Å². The van der Waals surface area contributed by atoms with Gasteiger partial charge in [-0.3, -0.25) is 4.79 Å². The van der Waals surface area contributed by atoms with E-state index in [0.717, 1.165) is 17.5 Å². The predicted octanol–water partition coefficient (Wildman–Crippen LogP) is 8.37. The van der Waals surface area contributed by atoms with Crippen molar-refractivity contribution in [3.05, 3.63) is 48.5 Å². The Morgan fingerprint density at radius 3 is 2.07 bits per heavy atom. The van der Waals surface area contributed by atoms with Crippen LogP contribution in [0, 0.1) is 5.92 Å². The number of carbonyl (C=O) groups excluding carboxylic acids is 1. The third-order valence-corrected chi connectivity index (χ3v) is 7.10. The molecule has 0 heterocycles. The van der Waals surface area contributed by atoms with Gasteiger partial charge in [0.05, 0.1) is 0 Å². The fourth-order valence-corrected chi connectivity index (χ4v) is 4.28. The van der Waals surface area contributed by atoms with Crippen molar-refractivity contribution in [3.63, 3.8) is 0 Å². The number of benzene rings is 2. The molecular weight excluding hydrogens is 412 g/mol. The van der Waals surface area contributed by atoms with Crippen molar-refractivity contribution in [2.24, 2.45) is 5.92 Å². The number of thioether (sulfide) groups is 1. The lowest BCUT2D eigenvalue weighted by Crippen LogP contribution is -2.26. The molecule has 4 heteroatoms. The van der Waals surface area contributed by atoms with Crippen LogP contribution in [0.1, 0.15) is 65.7 Å².